The van der Waals surface area contributed by atoms with Crippen molar-refractivity contribution >= 4 is 17.9 Å². The van der Waals surface area contributed by atoms with Crippen LogP contribution in [0.25, 0.3) is 0 Å². The number of carbonyl (C=O) groups is 3. The molecule has 1 unspecified atom stereocenters. The zero-order valence-corrected chi connectivity index (χ0v) is 48.2. The van der Waals surface area contributed by atoms with E-state index in [-0.39, 0.29) is 31.1 Å². The van der Waals surface area contributed by atoms with Crippen LogP contribution in [-0.4, -0.2) is 37.2 Å². The number of ether oxygens (including phenoxy) is 3. The first-order valence-electron chi connectivity index (χ1n) is 31.6. The molecule has 0 fully saturated rings. The second kappa shape index (κ2) is 60.9. The highest BCUT2D eigenvalue weighted by atomic mass is 16.6. The number of allylic oxidation sites excluding steroid dienone is 8. The Balaban J connectivity index is 4.34. The summed E-state index contributed by atoms with van der Waals surface area (Å²) in [6.07, 6.45) is 75.3. The fourth-order valence-corrected chi connectivity index (χ4v) is 9.27. The molecule has 6 heteroatoms. The lowest BCUT2D eigenvalue weighted by Gasteiger charge is -2.18. The minimum absolute atomic E-state index is 0.0756. The molecule has 72 heavy (non-hydrogen) atoms. The van der Waals surface area contributed by atoms with E-state index < -0.39 is 6.10 Å². The average molecular weight is 1010 g/mol. The van der Waals surface area contributed by atoms with Gasteiger partial charge in [-0.3, -0.25) is 14.4 Å². The summed E-state index contributed by atoms with van der Waals surface area (Å²) in [5.74, 6) is -0.871. The standard InChI is InChI=1S/C66H120O6/c1-4-7-10-13-16-19-22-25-28-30-32-33-35-36-38-41-44-47-50-53-56-59-65(68)71-62-63(61-70-64(67)58-55-52-49-46-43-40-27-24-21-18-15-12-9-6-3)72-66(69)60-57-54-51-48-45-42-39-37-34-31-29-26-23-20-17-14-11-8-5-2/h17,20,26,29-30,32,34,37,63H,4-16,18-19,21-25,27-28,31,33,35-36,38-62H2,1-3H3/b20-17-,29-26-,32-30-,37-34-. The Morgan fingerprint density at radius 2 is 0.500 bits per heavy atom. The van der Waals surface area contributed by atoms with Gasteiger partial charge in [-0.25, -0.2) is 0 Å². The van der Waals surface area contributed by atoms with Crippen LogP contribution >= 0.6 is 0 Å². The van der Waals surface area contributed by atoms with Crippen LogP contribution in [0.1, 0.15) is 335 Å². The number of rotatable bonds is 58. The predicted octanol–water partition coefficient (Wildman–Crippen LogP) is 21.4. The molecule has 0 amide bonds. The fourth-order valence-electron chi connectivity index (χ4n) is 9.27. The molecule has 420 valence electrons. The lowest BCUT2D eigenvalue weighted by atomic mass is 10.0. The van der Waals surface area contributed by atoms with Gasteiger partial charge in [0.05, 0.1) is 0 Å². The Morgan fingerprint density at radius 1 is 0.278 bits per heavy atom. The zero-order valence-electron chi connectivity index (χ0n) is 48.2. The van der Waals surface area contributed by atoms with Gasteiger partial charge in [0.15, 0.2) is 6.10 Å². The Hall–Kier alpha value is -2.63. The average Bonchev–Trinajstić information content (AvgIpc) is 3.38. The molecule has 0 aliphatic carbocycles. The van der Waals surface area contributed by atoms with Crippen molar-refractivity contribution in [3.8, 4) is 0 Å². The van der Waals surface area contributed by atoms with E-state index in [1.54, 1.807) is 0 Å². The van der Waals surface area contributed by atoms with Crippen LogP contribution < -0.4 is 0 Å². The largest absolute Gasteiger partial charge is 0.462 e. The van der Waals surface area contributed by atoms with Gasteiger partial charge in [-0.2, -0.15) is 0 Å². The maximum atomic E-state index is 12.9. The Kier molecular flexibility index (Phi) is 58.7. The lowest BCUT2D eigenvalue weighted by Crippen LogP contribution is -2.30. The smallest absolute Gasteiger partial charge is 0.306 e. The van der Waals surface area contributed by atoms with Gasteiger partial charge >= 0.3 is 17.9 Å². The summed E-state index contributed by atoms with van der Waals surface area (Å²) >= 11 is 0. The second-order valence-corrected chi connectivity index (χ2v) is 21.3. The highest BCUT2D eigenvalue weighted by Crippen LogP contribution is 2.17. The van der Waals surface area contributed by atoms with E-state index in [2.05, 4.69) is 69.4 Å². The van der Waals surface area contributed by atoms with E-state index in [9.17, 15) is 14.4 Å². The summed E-state index contributed by atoms with van der Waals surface area (Å²) < 4.78 is 16.9. The third-order valence-corrected chi connectivity index (χ3v) is 14.1. The molecule has 0 spiro atoms. The fraction of sp³-hybridized carbons (Fsp3) is 0.833. The summed E-state index contributed by atoms with van der Waals surface area (Å²) in [7, 11) is 0. The summed E-state index contributed by atoms with van der Waals surface area (Å²) in [6, 6.07) is 0. The van der Waals surface area contributed by atoms with Crippen molar-refractivity contribution in [1.82, 2.24) is 0 Å². The maximum Gasteiger partial charge on any atom is 0.306 e. The summed E-state index contributed by atoms with van der Waals surface area (Å²) in [5.41, 5.74) is 0. The van der Waals surface area contributed by atoms with Crippen molar-refractivity contribution in [3.05, 3.63) is 48.6 Å². The number of unbranched alkanes of at least 4 members (excludes halogenated alkanes) is 39. The first-order valence-corrected chi connectivity index (χ1v) is 31.6. The third-order valence-electron chi connectivity index (χ3n) is 14.1. The molecular weight excluding hydrogens is 889 g/mol. The van der Waals surface area contributed by atoms with Gasteiger partial charge in [-0.1, -0.05) is 281 Å². The second-order valence-electron chi connectivity index (χ2n) is 21.3. The van der Waals surface area contributed by atoms with Crippen LogP contribution in [0.15, 0.2) is 48.6 Å². The number of esters is 3. The molecule has 0 aliphatic rings. The van der Waals surface area contributed by atoms with E-state index in [4.69, 9.17) is 14.2 Å². The van der Waals surface area contributed by atoms with E-state index in [1.807, 2.05) is 0 Å². The molecule has 0 aromatic rings. The number of carbonyl (C=O) groups excluding carboxylic acids is 3. The zero-order chi connectivity index (χ0) is 52.2. The molecule has 0 saturated carbocycles. The van der Waals surface area contributed by atoms with Crippen molar-refractivity contribution in [1.29, 1.82) is 0 Å². The van der Waals surface area contributed by atoms with Crippen molar-refractivity contribution < 1.29 is 28.6 Å². The van der Waals surface area contributed by atoms with Gasteiger partial charge in [-0.05, 0) is 83.5 Å². The lowest BCUT2D eigenvalue weighted by molar-refractivity contribution is -0.167. The van der Waals surface area contributed by atoms with Gasteiger partial charge in [0.2, 0.25) is 0 Å². The minimum Gasteiger partial charge on any atom is -0.462 e. The van der Waals surface area contributed by atoms with E-state index in [1.165, 1.54) is 218 Å². The SMILES string of the molecule is CCCCC/C=C\C/C=C\C/C=C\CCCCCCCCC(=O)OC(COC(=O)CCCCCCCCCCC/C=C\CCCCCCCCCC)COC(=O)CCCCCCCCCCCCCCCC. The van der Waals surface area contributed by atoms with Crippen molar-refractivity contribution in [2.45, 2.75) is 341 Å². The van der Waals surface area contributed by atoms with Gasteiger partial charge < -0.3 is 14.2 Å². The highest BCUT2D eigenvalue weighted by Gasteiger charge is 2.19. The molecule has 6 nitrogen and oxygen atoms in total. The molecule has 0 N–H and O–H groups in total. The van der Waals surface area contributed by atoms with Gasteiger partial charge in [-0.15, -0.1) is 0 Å². The van der Waals surface area contributed by atoms with Crippen LogP contribution in [-0.2, 0) is 28.6 Å². The molecule has 1 atom stereocenters. The van der Waals surface area contributed by atoms with Gasteiger partial charge in [0.1, 0.15) is 13.2 Å². The van der Waals surface area contributed by atoms with E-state index in [0.717, 1.165) is 77.0 Å². The van der Waals surface area contributed by atoms with Crippen LogP contribution in [0, 0.1) is 0 Å². The molecule has 0 bridgehead atoms. The molecule has 0 aromatic carbocycles. The third kappa shape index (κ3) is 58.3. The van der Waals surface area contributed by atoms with Crippen LogP contribution in [0.2, 0.25) is 0 Å². The monoisotopic (exact) mass is 1010 g/mol. The first-order chi connectivity index (χ1) is 35.5. The Morgan fingerprint density at radius 3 is 0.819 bits per heavy atom. The molecule has 0 aromatic heterocycles. The molecule has 0 aliphatic heterocycles. The summed E-state index contributed by atoms with van der Waals surface area (Å²) in [5, 5.41) is 0. The molecule has 0 saturated heterocycles. The molecule has 0 heterocycles. The Labute approximate surface area is 448 Å². The van der Waals surface area contributed by atoms with Gasteiger partial charge in [0.25, 0.3) is 0 Å². The van der Waals surface area contributed by atoms with E-state index >= 15 is 0 Å². The quantitative estimate of drug-likeness (QED) is 0.0261. The molecule has 0 rings (SSSR count). The van der Waals surface area contributed by atoms with Crippen LogP contribution in [0.5, 0.6) is 0 Å². The van der Waals surface area contributed by atoms with Crippen LogP contribution in [0.3, 0.4) is 0 Å². The van der Waals surface area contributed by atoms with Crippen molar-refractivity contribution in [3.63, 3.8) is 0 Å². The number of hydrogen-bond acceptors (Lipinski definition) is 6. The normalized spacial score (nSPS) is 12.3. The molecule has 0 radical (unpaired) electrons. The minimum atomic E-state index is -0.779. The Bertz CT molecular complexity index is 1250. The van der Waals surface area contributed by atoms with Crippen molar-refractivity contribution in [2.75, 3.05) is 13.2 Å². The topological polar surface area (TPSA) is 78.9 Å². The first kappa shape index (κ1) is 69.4. The van der Waals surface area contributed by atoms with Crippen molar-refractivity contribution in [2.24, 2.45) is 0 Å². The van der Waals surface area contributed by atoms with E-state index in [0.29, 0.717) is 19.3 Å². The van der Waals surface area contributed by atoms with Gasteiger partial charge in [0, 0.05) is 19.3 Å². The molecular formula is C66H120O6. The summed E-state index contributed by atoms with van der Waals surface area (Å²) in [4.78, 5) is 38.3. The maximum absolute atomic E-state index is 12.9. The number of hydrogen-bond donors (Lipinski definition) is 0. The summed E-state index contributed by atoms with van der Waals surface area (Å²) in [6.45, 7) is 6.65. The van der Waals surface area contributed by atoms with Crippen LogP contribution in [0.4, 0.5) is 0 Å². The predicted molar refractivity (Wildman–Crippen MR) is 312 cm³/mol. The highest BCUT2D eigenvalue weighted by molar-refractivity contribution is 5.71.